The summed E-state index contributed by atoms with van der Waals surface area (Å²) in [5.74, 6) is -0.271. The molecule has 2 nitrogen and oxygen atoms in total. The molecule has 0 aromatic heterocycles. The van der Waals surface area contributed by atoms with Gasteiger partial charge < -0.3 is 9.47 Å². The lowest BCUT2D eigenvalue weighted by Gasteiger charge is -2.26. The zero-order chi connectivity index (χ0) is 8.11. The Labute approximate surface area is 67.9 Å². The van der Waals surface area contributed by atoms with Crippen LogP contribution in [0.2, 0.25) is 0 Å². The molecule has 64 valence electrons. The molecule has 2 bridgehead atoms. The molecule has 0 aromatic carbocycles. The summed E-state index contributed by atoms with van der Waals surface area (Å²) in [4.78, 5) is 0. The van der Waals surface area contributed by atoms with Crippen LogP contribution in [0.4, 0.5) is 0 Å². The van der Waals surface area contributed by atoms with Crippen molar-refractivity contribution in [1.29, 1.82) is 0 Å². The smallest absolute Gasteiger partial charge is 0.166 e. The second-order valence-electron chi connectivity index (χ2n) is 4.34. The van der Waals surface area contributed by atoms with E-state index in [1.165, 1.54) is 6.42 Å². The Morgan fingerprint density at radius 1 is 1.27 bits per heavy atom. The highest BCUT2D eigenvalue weighted by Crippen LogP contribution is 2.44. The third-order valence-electron chi connectivity index (χ3n) is 2.74. The van der Waals surface area contributed by atoms with Crippen molar-refractivity contribution in [3.63, 3.8) is 0 Å². The van der Waals surface area contributed by atoms with Crippen LogP contribution < -0.4 is 0 Å². The minimum Gasteiger partial charge on any atom is -0.344 e. The van der Waals surface area contributed by atoms with Gasteiger partial charge in [-0.15, -0.1) is 0 Å². The lowest BCUT2D eigenvalue weighted by molar-refractivity contribution is -0.186. The maximum absolute atomic E-state index is 5.84. The van der Waals surface area contributed by atoms with Crippen molar-refractivity contribution in [1.82, 2.24) is 0 Å². The molecule has 0 radical (unpaired) electrons. The highest BCUT2D eigenvalue weighted by molar-refractivity contribution is 4.94. The van der Waals surface area contributed by atoms with Crippen LogP contribution in [0.15, 0.2) is 0 Å². The molecule has 2 aliphatic heterocycles. The number of ether oxygens (including phenoxy) is 2. The van der Waals surface area contributed by atoms with E-state index in [0.29, 0.717) is 6.10 Å². The number of fused-ring (bicyclic) bond motifs is 2. The quantitative estimate of drug-likeness (QED) is 0.534. The Bertz CT molecular complexity index is 174. The lowest BCUT2D eigenvalue weighted by Crippen LogP contribution is -2.32. The number of rotatable bonds is 0. The van der Waals surface area contributed by atoms with E-state index in [1.54, 1.807) is 0 Å². The van der Waals surface area contributed by atoms with Crippen LogP contribution in [0, 0.1) is 0 Å². The summed E-state index contributed by atoms with van der Waals surface area (Å²) in [6.45, 7) is 6.29. The SMILES string of the molecule is CC1(C)O[C@@]2(C)CCCC1O2. The second-order valence-corrected chi connectivity index (χ2v) is 4.34. The van der Waals surface area contributed by atoms with E-state index >= 15 is 0 Å². The molecule has 0 amide bonds. The summed E-state index contributed by atoms with van der Waals surface area (Å²) in [5.41, 5.74) is -0.0642. The van der Waals surface area contributed by atoms with Gasteiger partial charge in [-0.1, -0.05) is 0 Å². The molecule has 2 heterocycles. The molecule has 2 heteroatoms. The minimum absolute atomic E-state index is 0.0642. The standard InChI is InChI=1S/C9H16O2/c1-8(2)7-5-4-6-9(3,10-7)11-8/h7H,4-6H2,1-3H3/t7?,9-/m0/s1. The van der Waals surface area contributed by atoms with Crippen molar-refractivity contribution in [2.24, 2.45) is 0 Å². The van der Waals surface area contributed by atoms with Crippen LogP contribution in [0.5, 0.6) is 0 Å². The summed E-state index contributed by atoms with van der Waals surface area (Å²) < 4.78 is 11.6. The summed E-state index contributed by atoms with van der Waals surface area (Å²) in [5, 5.41) is 0. The Kier molecular flexibility index (Phi) is 1.37. The van der Waals surface area contributed by atoms with Gasteiger partial charge in [-0.3, -0.25) is 0 Å². The maximum Gasteiger partial charge on any atom is 0.166 e. The van der Waals surface area contributed by atoms with E-state index in [-0.39, 0.29) is 11.4 Å². The zero-order valence-electron chi connectivity index (χ0n) is 7.52. The van der Waals surface area contributed by atoms with Gasteiger partial charge in [0.05, 0.1) is 11.7 Å². The molecule has 0 saturated carbocycles. The van der Waals surface area contributed by atoms with Crippen LogP contribution in [0.3, 0.4) is 0 Å². The first-order valence-electron chi connectivity index (χ1n) is 4.40. The van der Waals surface area contributed by atoms with Gasteiger partial charge in [-0.2, -0.15) is 0 Å². The molecular weight excluding hydrogens is 140 g/mol. The van der Waals surface area contributed by atoms with E-state index in [4.69, 9.17) is 9.47 Å². The fraction of sp³-hybridized carbons (Fsp3) is 1.00. The predicted molar refractivity (Wildman–Crippen MR) is 42.3 cm³/mol. The van der Waals surface area contributed by atoms with Crippen LogP contribution >= 0.6 is 0 Å². The minimum atomic E-state index is -0.271. The van der Waals surface area contributed by atoms with E-state index in [0.717, 1.165) is 12.8 Å². The van der Waals surface area contributed by atoms with E-state index < -0.39 is 0 Å². The first-order valence-corrected chi connectivity index (χ1v) is 4.40. The number of hydrogen-bond acceptors (Lipinski definition) is 2. The van der Waals surface area contributed by atoms with Gasteiger partial charge >= 0.3 is 0 Å². The van der Waals surface area contributed by atoms with Gasteiger partial charge in [0, 0.05) is 6.42 Å². The third-order valence-corrected chi connectivity index (χ3v) is 2.74. The van der Waals surface area contributed by atoms with Crippen LogP contribution in [0.25, 0.3) is 0 Å². The van der Waals surface area contributed by atoms with E-state index in [1.807, 2.05) is 6.92 Å². The van der Waals surface area contributed by atoms with Crippen LogP contribution in [0.1, 0.15) is 40.0 Å². The molecule has 2 rings (SSSR count). The largest absolute Gasteiger partial charge is 0.344 e. The van der Waals surface area contributed by atoms with Gasteiger partial charge in [0.25, 0.3) is 0 Å². The van der Waals surface area contributed by atoms with Gasteiger partial charge in [-0.25, -0.2) is 0 Å². The Morgan fingerprint density at radius 3 is 2.55 bits per heavy atom. The molecule has 2 fully saturated rings. The summed E-state index contributed by atoms with van der Waals surface area (Å²) >= 11 is 0. The molecular formula is C9H16O2. The Hall–Kier alpha value is -0.0800. The Morgan fingerprint density at radius 2 is 2.00 bits per heavy atom. The molecule has 2 aliphatic rings. The second kappa shape index (κ2) is 1.99. The zero-order valence-corrected chi connectivity index (χ0v) is 7.52. The third kappa shape index (κ3) is 1.09. The van der Waals surface area contributed by atoms with Gasteiger partial charge in [0.2, 0.25) is 0 Å². The van der Waals surface area contributed by atoms with E-state index in [2.05, 4.69) is 13.8 Å². The summed E-state index contributed by atoms with van der Waals surface area (Å²) in [6, 6.07) is 0. The first-order chi connectivity index (χ1) is 5.02. The lowest BCUT2D eigenvalue weighted by atomic mass is 9.96. The van der Waals surface area contributed by atoms with Crippen molar-refractivity contribution < 1.29 is 9.47 Å². The van der Waals surface area contributed by atoms with Crippen molar-refractivity contribution in [3.8, 4) is 0 Å². The van der Waals surface area contributed by atoms with Crippen molar-refractivity contribution in [2.45, 2.75) is 57.5 Å². The highest BCUT2D eigenvalue weighted by Gasteiger charge is 2.51. The summed E-state index contributed by atoms with van der Waals surface area (Å²) in [6.07, 6.45) is 3.77. The average Bonchev–Trinajstić information content (AvgIpc) is 1.98. The fourth-order valence-electron chi connectivity index (χ4n) is 2.21. The summed E-state index contributed by atoms with van der Waals surface area (Å²) in [7, 11) is 0. The molecule has 0 N–H and O–H groups in total. The average molecular weight is 156 g/mol. The molecule has 0 aliphatic carbocycles. The maximum atomic E-state index is 5.84. The van der Waals surface area contributed by atoms with Gasteiger partial charge in [0.15, 0.2) is 5.79 Å². The molecule has 11 heavy (non-hydrogen) atoms. The van der Waals surface area contributed by atoms with E-state index in [9.17, 15) is 0 Å². The topological polar surface area (TPSA) is 18.5 Å². The molecule has 0 spiro atoms. The van der Waals surface area contributed by atoms with Crippen molar-refractivity contribution >= 4 is 0 Å². The predicted octanol–water partition coefficient (Wildman–Crippen LogP) is 2.08. The normalized spacial score (nSPS) is 47.7. The first kappa shape index (κ1) is 7.56. The number of hydrogen-bond donors (Lipinski definition) is 0. The molecule has 2 atom stereocenters. The van der Waals surface area contributed by atoms with Gasteiger partial charge in [0.1, 0.15) is 0 Å². The molecule has 1 unspecified atom stereocenters. The molecule has 0 aromatic rings. The van der Waals surface area contributed by atoms with Crippen molar-refractivity contribution in [3.05, 3.63) is 0 Å². The van der Waals surface area contributed by atoms with Crippen molar-refractivity contribution in [2.75, 3.05) is 0 Å². The monoisotopic (exact) mass is 156 g/mol. The van der Waals surface area contributed by atoms with Crippen LogP contribution in [-0.2, 0) is 9.47 Å². The van der Waals surface area contributed by atoms with Crippen LogP contribution in [-0.4, -0.2) is 17.5 Å². The van der Waals surface area contributed by atoms with Gasteiger partial charge in [-0.05, 0) is 33.6 Å². The fourth-order valence-corrected chi connectivity index (χ4v) is 2.21. The molecule has 2 saturated heterocycles. The Balaban J connectivity index is 2.24. The highest BCUT2D eigenvalue weighted by atomic mass is 16.8.